The topological polar surface area (TPSA) is 70.5 Å². The van der Waals surface area contributed by atoms with Crippen molar-refractivity contribution in [2.24, 2.45) is 0 Å². The first-order valence-corrected chi connectivity index (χ1v) is 11.2. The van der Waals surface area contributed by atoms with Crippen molar-refractivity contribution < 1.29 is 18.4 Å². The number of urea groups is 1. The van der Waals surface area contributed by atoms with Gasteiger partial charge in [-0.3, -0.25) is 9.36 Å². The Hall–Kier alpha value is -3.40. The van der Waals surface area contributed by atoms with Gasteiger partial charge in [0.15, 0.2) is 5.16 Å². The highest BCUT2D eigenvalue weighted by atomic mass is 32.2. The van der Waals surface area contributed by atoms with Crippen molar-refractivity contribution in [2.45, 2.75) is 5.16 Å². The van der Waals surface area contributed by atoms with Gasteiger partial charge in [-0.15, -0.1) is 0 Å². The summed E-state index contributed by atoms with van der Waals surface area (Å²) in [4.78, 5) is 33.3. The van der Waals surface area contributed by atoms with E-state index in [4.69, 9.17) is 0 Å². The molecule has 3 aromatic rings. The van der Waals surface area contributed by atoms with Gasteiger partial charge >= 0.3 is 6.03 Å². The molecule has 1 aromatic heterocycles. The van der Waals surface area contributed by atoms with Gasteiger partial charge in [-0.05, 0) is 54.8 Å². The number of carbonyl (C=O) groups is 2. The number of rotatable bonds is 4. The quantitative estimate of drug-likeness (QED) is 0.604. The Morgan fingerprint density at radius 1 is 0.906 bits per heavy atom. The predicted molar refractivity (Wildman–Crippen MR) is 118 cm³/mol. The Balaban J connectivity index is 1.43. The van der Waals surface area contributed by atoms with E-state index < -0.39 is 0 Å². The summed E-state index contributed by atoms with van der Waals surface area (Å²) in [6.45, 7) is 1.44. The molecule has 0 radical (unpaired) electrons. The summed E-state index contributed by atoms with van der Waals surface area (Å²) in [6, 6.07) is 11.1. The smallest absolute Gasteiger partial charge is 0.321 e. The van der Waals surface area contributed by atoms with Gasteiger partial charge in [0.05, 0.1) is 6.20 Å². The number of amides is 3. The molecule has 10 heteroatoms. The third kappa shape index (κ3) is 4.59. The minimum absolute atomic E-state index is 0.208. The molecule has 1 aliphatic heterocycles. The van der Waals surface area contributed by atoms with Gasteiger partial charge in [-0.1, -0.05) is 11.8 Å². The number of hydrogen-bond donors (Lipinski definition) is 1. The number of anilines is 1. The molecule has 0 aliphatic carbocycles. The summed E-state index contributed by atoms with van der Waals surface area (Å²) in [7, 11) is 0. The summed E-state index contributed by atoms with van der Waals surface area (Å²) >= 11 is 1.39. The zero-order chi connectivity index (χ0) is 22.7. The summed E-state index contributed by atoms with van der Waals surface area (Å²) in [5.41, 5.74) is 1.53. The molecule has 4 rings (SSSR count). The highest BCUT2D eigenvalue weighted by molar-refractivity contribution is 7.98. The zero-order valence-electron chi connectivity index (χ0n) is 17.3. The second-order valence-corrected chi connectivity index (χ2v) is 7.93. The van der Waals surface area contributed by atoms with Crippen LogP contribution in [0.2, 0.25) is 0 Å². The Kier molecular flexibility index (Phi) is 6.40. The van der Waals surface area contributed by atoms with Crippen LogP contribution in [0.25, 0.3) is 5.69 Å². The Morgan fingerprint density at radius 2 is 1.47 bits per heavy atom. The van der Waals surface area contributed by atoms with E-state index in [0.29, 0.717) is 48.4 Å². The van der Waals surface area contributed by atoms with E-state index in [2.05, 4.69) is 10.3 Å². The van der Waals surface area contributed by atoms with Crippen molar-refractivity contribution in [3.8, 4) is 5.69 Å². The highest BCUT2D eigenvalue weighted by Gasteiger charge is 2.28. The lowest BCUT2D eigenvalue weighted by atomic mass is 10.2. The van der Waals surface area contributed by atoms with Gasteiger partial charge in [0.1, 0.15) is 17.3 Å². The zero-order valence-corrected chi connectivity index (χ0v) is 18.1. The van der Waals surface area contributed by atoms with Crippen LogP contribution in [0, 0.1) is 11.6 Å². The van der Waals surface area contributed by atoms with Crippen LogP contribution < -0.4 is 5.32 Å². The molecule has 1 saturated heterocycles. The minimum Gasteiger partial charge on any atom is -0.334 e. The van der Waals surface area contributed by atoms with Gasteiger partial charge in [-0.25, -0.2) is 18.6 Å². The number of piperazine rings is 1. The molecule has 0 spiro atoms. The van der Waals surface area contributed by atoms with Crippen LogP contribution in [0.1, 0.15) is 10.5 Å². The third-order valence-corrected chi connectivity index (χ3v) is 5.82. The second-order valence-electron chi connectivity index (χ2n) is 7.16. The molecule has 0 saturated carbocycles. The van der Waals surface area contributed by atoms with E-state index in [1.54, 1.807) is 26.5 Å². The van der Waals surface area contributed by atoms with Crippen molar-refractivity contribution in [1.29, 1.82) is 0 Å². The van der Waals surface area contributed by atoms with Gasteiger partial charge in [0, 0.05) is 37.6 Å². The molecule has 0 bridgehead atoms. The molecule has 0 atom stereocenters. The molecule has 2 aromatic carbocycles. The molecule has 2 heterocycles. The van der Waals surface area contributed by atoms with E-state index in [1.807, 2.05) is 6.26 Å². The predicted octanol–water partition coefficient (Wildman–Crippen LogP) is 3.86. The molecule has 3 amide bonds. The van der Waals surface area contributed by atoms with Crippen molar-refractivity contribution in [3.63, 3.8) is 0 Å². The molecule has 1 N–H and O–H groups in total. The minimum atomic E-state index is -0.375. The highest BCUT2D eigenvalue weighted by Crippen LogP contribution is 2.23. The molecule has 1 aliphatic rings. The number of carbonyl (C=O) groups excluding carboxylic acids is 2. The number of thioether (sulfide) groups is 1. The largest absolute Gasteiger partial charge is 0.334 e. The van der Waals surface area contributed by atoms with Gasteiger partial charge in [0.25, 0.3) is 5.91 Å². The van der Waals surface area contributed by atoms with Gasteiger partial charge in [0.2, 0.25) is 0 Å². The number of aromatic nitrogens is 2. The number of benzene rings is 2. The first-order chi connectivity index (χ1) is 15.5. The first-order valence-electron chi connectivity index (χ1n) is 9.94. The molecular formula is C22H21F2N5O2S. The van der Waals surface area contributed by atoms with Crippen molar-refractivity contribution in [2.75, 3.05) is 37.8 Å². The monoisotopic (exact) mass is 457 g/mol. The van der Waals surface area contributed by atoms with Crippen LogP contribution in [0.15, 0.2) is 59.9 Å². The Bertz CT molecular complexity index is 1110. The van der Waals surface area contributed by atoms with E-state index >= 15 is 0 Å². The van der Waals surface area contributed by atoms with Gasteiger partial charge in [-0.2, -0.15) is 0 Å². The maximum absolute atomic E-state index is 13.4. The average molecular weight is 458 g/mol. The van der Waals surface area contributed by atoms with Crippen LogP contribution in [0.5, 0.6) is 0 Å². The summed E-state index contributed by atoms with van der Waals surface area (Å²) in [6.07, 6.45) is 3.38. The maximum atomic E-state index is 13.4. The Labute approximate surface area is 188 Å². The van der Waals surface area contributed by atoms with Crippen LogP contribution in [0.4, 0.5) is 19.3 Å². The number of imidazole rings is 1. The van der Waals surface area contributed by atoms with Gasteiger partial charge < -0.3 is 15.1 Å². The summed E-state index contributed by atoms with van der Waals surface area (Å²) in [5, 5.41) is 3.35. The number of hydrogen-bond acceptors (Lipinski definition) is 4. The fourth-order valence-corrected chi connectivity index (χ4v) is 4.02. The SMILES string of the molecule is CSc1ncc(C(=O)N2CCN(C(=O)Nc3ccc(F)cc3)CC2)n1-c1ccc(F)cc1. The molecule has 7 nitrogen and oxygen atoms in total. The van der Waals surface area contributed by atoms with E-state index in [0.717, 1.165) is 0 Å². The lowest BCUT2D eigenvalue weighted by molar-refractivity contribution is 0.0663. The van der Waals surface area contributed by atoms with Crippen molar-refractivity contribution in [3.05, 3.63) is 72.1 Å². The van der Waals surface area contributed by atoms with Crippen LogP contribution in [-0.4, -0.2) is 63.7 Å². The second kappa shape index (κ2) is 9.39. The number of nitrogens with zero attached hydrogens (tertiary/aromatic N) is 4. The third-order valence-electron chi connectivity index (χ3n) is 5.17. The van der Waals surface area contributed by atoms with Crippen molar-refractivity contribution in [1.82, 2.24) is 19.4 Å². The molecular weight excluding hydrogens is 436 g/mol. The van der Waals surface area contributed by atoms with E-state index in [-0.39, 0.29) is 23.6 Å². The van der Waals surface area contributed by atoms with E-state index in [1.165, 1.54) is 54.4 Å². The fraction of sp³-hybridized carbons (Fsp3) is 0.227. The fourth-order valence-electron chi connectivity index (χ4n) is 3.48. The van der Waals surface area contributed by atoms with Crippen molar-refractivity contribution >= 4 is 29.4 Å². The lowest BCUT2D eigenvalue weighted by Crippen LogP contribution is -2.51. The lowest BCUT2D eigenvalue weighted by Gasteiger charge is -2.34. The average Bonchev–Trinajstić information content (AvgIpc) is 3.25. The number of nitrogens with one attached hydrogen (secondary N) is 1. The maximum Gasteiger partial charge on any atom is 0.321 e. The van der Waals surface area contributed by atoms with E-state index in [9.17, 15) is 18.4 Å². The molecule has 1 fully saturated rings. The molecule has 166 valence electrons. The normalized spacial score (nSPS) is 13.8. The molecule has 32 heavy (non-hydrogen) atoms. The first kappa shape index (κ1) is 21.8. The molecule has 0 unspecified atom stereocenters. The number of halogens is 2. The summed E-state index contributed by atoms with van der Waals surface area (Å²) in [5.74, 6) is -0.942. The van der Waals surface area contributed by atoms with Crippen LogP contribution in [0.3, 0.4) is 0 Å². The van der Waals surface area contributed by atoms with Crippen LogP contribution >= 0.6 is 11.8 Å². The standard InChI is InChI=1S/C22H21F2N5O2S/c1-32-22-25-14-19(29(22)18-8-4-16(24)5-9-18)20(30)27-10-12-28(13-11-27)21(31)26-17-6-2-15(23)3-7-17/h2-9,14H,10-13H2,1H3,(H,26,31). The Morgan fingerprint density at radius 3 is 2.06 bits per heavy atom. The summed E-state index contributed by atoms with van der Waals surface area (Å²) < 4.78 is 28.1. The van der Waals surface area contributed by atoms with Crippen LogP contribution in [-0.2, 0) is 0 Å².